The van der Waals surface area contributed by atoms with Crippen molar-refractivity contribution in [3.8, 4) is 0 Å². The highest BCUT2D eigenvalue weighted by atomic mass is 35.5. The molecule has 0 radical (unpaired) electrons. The van der Waals surface area contributed by atoms with Crippen LogP contribution in [0.3, 0.4) is 0 Å². The van der Waals surface area contributed by atoms with Crippen molar-refractivity contribution in [2.45, 2.75) is 46.1 Å². The number of halogens is 1. The van der Waals surface area contributed by atoms with Gasteiger partial charge in [0, 0.05) is 11.1 Å². The molecule has 0 heterocycles. The Balaban J connectivity index is 2.86. The molecule has 1 unspecified atom stereocenters. The van der Waals surface area contributed by atoms with E-state index in [-0.39, 0.29) is 0 Å². The van der Waals surface area contributed by atoms with Crippen LogP contribution in [0.1, 0.15) is 50.3 Å². The van der Waals surface area contributed by atoms with Crippen LogP contribution in [-0.4, -0.2) is 6.54 Å². The summed E-state index contributed by atoms with van der Waals surface area (Å²) in [7, 11) is 0. The van der Waals surface area contributed by atoms with Gasteiger partial charge in [-0.2, -0.15) is 0 Å². The number of rotatable bonds is 7. The van der Waals surface area contributed by atoms with Crippen LogP contribution in [-0.2, 0) is 0 Å². The van der Waals surface area contributed by atoms with E-state index < -0.39 is 0 Å². The minimum Gasteiger partial charge on any atom is -0.310 e. The fraction of sp³-hybridized carbons (Fsp3) is 0.500. The summed E-state index contributed by atoms with van der Waals surface area (Å²) in [5.74, 6) is 0. The topological polar surface area (TPSA) is 12.0 Å². The average Bonchev–Trinajstić information content (AvgIpc) is 2.37. The van der Waals surface area contributed by atoms with Gasteiger partial charge in [0.25, 0.3) is 0 Å². The standard InChI is InChI=1S/C16H24ClN/c1-5-9-18-16(10-12(3)6-2)14-8-7-13(4)15(17)11-14/h7-8,11,16,18H,3,5-6,9-10H2,1-2,4H3. The third-order valence-electron chi connectivity index (χ3n) is 3.23. The molecule has 18 heavy (non-hydrogen) atoms. The van der Waals surface area contributed by atoms with E-state index in [0.29, 0.717) is 6.04 Å². The summed E-state index contributed by atoms with van der Waals surface area (Å²) in [6.07, 6.45) is 3.15. The largest absolute Gasteiger partial charge is 0.310 e. The van der Waals surface area contributed by atoms with Crippen molar-refractivity contribution in [2.75, 3.05) is 6.54 Å². The molecule has 1 aromatic carbocycles. The smallest absolute Gasteiger partial charge is 0.0438 e. The predicted molar refractivity (Wildman–Crippen MR) is 81.3 cm³/mol. The van der Waals surface area contributed by atoms with Gasteiger partial charge in [0.1, 0.15) is 0 Å². The van der Waals surface area contributed by atoms with E-state index in [1.54, 1.807) is 0 Å². The van der Waals surface area contributed by atoms with Crippen LogP contribution in [0.2, 0.25) is 5.02 Å². The zero-order chi connectivity index (χ0) is 13.5. The van der Waals surface area contributed by atoms with Gasteiger partial charge in [-0.3, -0.25) is 0 Å². The fourth-order valence-corrected chi connectivity index (χ4v) is 2.07. The lowest BCUT2D eigenvalue weighted by atomic mass is 9.97. The first kappa shape index (κ1) is 15.3. The van der Waals surface area contributed by atoms with E-state index in [1.165, 1.54) is 11.1 Å². The Morgan fingerprint density at radius 2 is 2.11 bits per heavy atom. The molecule has 0 aliphatic carbocycles. The van der Waals surface area contributed by atoms with Crippen molar-refractivity contribution in [2.24, 2.45) is 0 Å². The van der Waals surface area contributed by atoms with Gasteiger partial charge >= 0.3 is 0 Å². The highest BCUT2D eigenvalue weighted by Gasteiger charge is 2.12. The monoisotopic (exact) mass is 265 g/mol. The average molecular weight is 266 g/mol. The van der Waals surface area contributed by atoms with Crippen molar-refractivity contribution < 1.29 is 0 Å². The summed E-state index contributed by atoms with van der Waals surface area (Å²) >= 11 is 6.21. The van der Waals surface area contributed by atoms with E-state index in [9.17, 15) is 0 Å². The maximum absolute atomic E-state index is 6.21. The Morgan fingerprint density at radius 3 is 2.67 bits per heavy atom. The quantitative estimate of drug-likeness (QED) is 0.681. The van der Waals surface area contributed by atoms with Crippen LogP contribution >= 0.6 is 11.6 Å². The molecular weight excluding hydrogens is 242 g/mol. The highest BCUT2D eigenvalue weighted by molar-refractivity contribution is 6.31. The Bertz CT molecular complexity index is 398. The van der Waals surface area contributed by atoms with Crippen molar-refractivity contribution >= 4 is 11.6 Å². The van der Waals surface area contributed by atoms with Crippen molar-refractivity contribution in [1.82, 2.24) is 5.32 Å². The molecule has 0 aliphatic rings. The molecule has 0 fully saturated rings. The second-order valence-electron chi connectivity index (χ2n) is 4.82. The third kappa shape index (κ3) is 4.47. The minimum atomic E-state index is 0.329. The van der Waals surface area contributed by atoms with Gasteiger partial charge in [-0.05, 0) is 49.9 Å². The Labute approximate surface area is 116 Å². The molecule has 0 aliphatic heterocycles. The second-order valence-corrected chi connectivity index (χ2v) is 5.23. The molecule has 0 saturated carbocycles. The van der Waals surface area contributed by atoms with Gasteiger partial charge in [0.15, 0.2) is 0 Å². The molecule has 0 aromatic heterocycles. The van der Waals surface area contributed by atoms with Crippen molar-refractivity contribution in [3.05, 3.63) is 46.5 Å². The van der Waals surface area contributed by atoms with Crippen molar-refractivity contribution in [3.63, 3.8) is 0 Å². The molecule has 0 spiro atoms. The summed E-state index contributed by atoms with van der Waals surface area (Å²) in [6, 6.07) is 6.66. The summed E-state index contributed by atoms with van der Waals surface area (Å²) in [5.41, 5.74) is 3.66. The van der Waals surface area contributed by atoms with Gasteiger partial charge in [-0.1, -0.05) is 49.7 Å². The number of aryl methyl sites for hydroxylation is 1. The van der Waals surface area contributed by atoms with Gasteiger partial charge in [-0.25, -0.2) is 0 Å². The SMILES string of the molecule is C=C(CC)CC(NCCC)c1ccc(C)c(Cl)c1. The Kier molecular flexibility index (Phi) is 6.45. The lowest BCUT2D eigenvalue weighted by Gasteiger charge is -2.20. The van der Waals surface area contributed by atoms with E-state index in [4.69, 9.17) is 11.6 Å². The summed E-state index contributed by atoms with van der Waals surface area (Å²) in [6.45, 7) is 11.5. The Hall–Kier alpha value is -0.790. The number of hydrogen-bond donors (Lipinski definition) is 1. The predicted octanol–water partition coefficient (Wildman–Crippen LogP) is 5.05. The first-order valence-electron chi connectivity index (χ1n) is 6.74. The van der Waals surface area contributed by atoms with Crippen molar-refractivity contribution in [1.29, 1.82) is 0 Å². The van der Waals surface area contributed by atoms with Crippen LogP contribution in [0, 0.1) is 6.92 Å². The molecular formula is C16H24ClN. The number of benzene rings is 1. The lowest BCUT2D eigenvalue weighted by molar-refractivity contribution is 0.523. The second kappa shape index (κ2) is 7.60. The zero-order valence-corrected chi connectivity index (χ0v) is 12.5. The maximum atomic E-state index is 6.21. The first-order chi connectivity index (χ1) is 8.58. The maximum Gasteiger partial charge on any atom is 0.0438 e. The third-order valence-corrected chi connectivity index (χ3v) is 3.64. The van der Waals surface area contributed by atoms with Gasteiger partial charge in [-0.15, -0.1) is 0 Å². The van der Waals surface area contributed by atoms with E-state index in [0.717, 1.165) is 36.4 Å². The van der Waals surface area contributed by atoms with E-state index >= 15 is 0 Å². The fourth-order valence-electron chi connectivity index (χ4n) is 1.89. The molecule has 1 nitrogen and oxygen atoms in total. The van der Waals surface area contributed by atoms with Gasteiger partial charge < -0.3 is 5.32 Å². The van der Waals surface area contributed by atoms with Crippen LogP contribution in [0.5, 0.6) is 0 Å². The zero-order valence-electron chi connectivity index (χ0n) is 11.7. The van der Waals surface area contributed by atoms with Crippen LogP contribution in [0.25, 0.3) is 0 Å². The van der Waals surface area contributed by atoms with E-state index in [1.807, 2.05) is 6.92 Å². The molecule has 0 amide bonds. The number of hydrogen-bond acceptors (Lipinski definition) is 1. The van der Waals surface area contributed by atoms with Crippen LogP contribution in [0.4, 0.5) is 0 Å². The first-order valence-corrected chi connectivity index (χ1v) is 7.12. The summed E-state index contributed by atoms with van der Waals surface area (Å²) < 4.78 is 0. The number of nitrogens with one attached hydrogen (secondary N) is 1. The summed E-state index contributed by atoms with van der Waals surface area (Å²) in [4.78, 5) is 0. The van der Waals surface area contributed by atoms with Gasteiger partial charge in [0.05, 0.1) is 0 Å². The van der Waals surface area contributed by atoms with Crippen LogP contribution < -0.4 is 5.32 Å². The molecule has 1 N–H and O–H groups in total. The molecule has 2 heteroatoms. The minimum absolute atomic E-state index is 0.329. The normalized spacial score (nSPS) is 12.4. The van der Waals surface area contributed by atoms with Gasteiger partial charge in [0.2, 0.25) is 0 Å². The van der Waals surface area contributed by atoms with Crippen LogP contribution in [0.15, 0.2) is 30.4 Å². The molecule has 100 valence electrons. The highest BCUT2D eigenvalue weighted by Crippen LogP contribution is 2.26. The molecule has 0 bridgehead atoms. The lowest BCUT2D eigenvalue weighted by Crippen LogP contribution is -2.22. The molecule has 1 aromatic rings. The summed E-state index contributed by atoms with van der Waals surface area (Å²) in [5, 5.41) is 4.42. The Morgan fingerprint density at radius 1 is 1.39 bits per heavy atom. The molecule has 1 rings (SSSR count). The van der Waals surface area contributed by atoms with E-state index in [2.05, 4.69) is 43.9 Å². The molecule has 1 atom stereocenters. The molecule has 0 saturated heterocycles.